The Balaban J connectivity index is 1.50. The second-order valence-corrected chi connectivity index (χ2v) is 7.52. The van der Waals surface area contributed by atoms with Gasteiger partial charge in [-0.15, -0.1) is 0 Å². The van der Waals surface area contributed by atoms with Crippen molar-refractivity contribution in [3.05, 3.63) is 42.7 Å². The van der Waals surface area contributed by atoms with E-state index in [1.807, 2.05) is 18.2 Å². The zero-order chi connectivity index (χ0) is 20.7. The summed E-state index contributed by atoms with van der Waals surface area (Å²) in [7, 11) is 0. The summed E-state index contributed by atoms with van der Waals surface area (Å²) in [5.41, 5.74) is 3.34. The van der Waals surface area contributed by atoms with Crippen LogP contribution in [0, 0.1) is 0 Å². The number of fused-ring (bicyclic) bond motifs is 2. The normalized spacial score (nSPS) is 16.2. The van der Waals surface area contributed by atoms with Crippen LogP contribution in [0.25, 0.3) is 22.2 Å². The van der Waals surface area contributed by atoms with Crippen molar-refractivity contribution in [2.45, 2.75) is 31.8 Å². The van der Waals surface area contributed by atoms with Gasteiger partial charge in [0, 0.05) is 19.1 Å². The van der Waals surface area contributed by atoms with Gasteiger partial charge in [0.2, 0.25) is 0 Å². The average molecular weight is 406 g/mol. The second kappa shape index (κ2) is 7.29. The topological polar surface area (TPSA) is 125 Å². The number of H-pyrrole nitrogens is 1. The van der Waals surface area contributed by atoms with Crippen molar-refractivity contribution in [2.24, 2.45) is 0 Å². The summed E-state index contributed by atoms with van der Waals surface area (Å²) < 4.78 is 2.26. The summed E-state index contributed by atoms with van der Waals surface area (Å²) in [4.78, 5) is 33.5. The maximum atomic E-state index is 11.3. The van der Waals surface area contributed by atoms with Crippen LogP contribution < -0.4 is 5.32 Å². The Morgan fingerprint density at radius 3 is 2.83 bits per heavy atom. The van der Waals surface area contributed by atoms with E-state index in [-0.39, 0.29) is 12.1 Å². The SMILES string of the molecule is C[C@H](Nc1ncnc2nc[nH]c12)c1nc2ccccc2n1C1CCN(C(=O)O)CC1. The van der Waals surface area contributed by atoms with Gasteiger partial charge in [0.1, 0.15) is 17.7 Å². The molecule has 10 nitrogen and oxygen atoms in total. The van der Waals surface area contributed by atoms with Gasteiger partial charge in [-0.2, -0.15) is 0 Å². The zero-order valence-corrected chi connectivity index (χ0v) is 16.5. The number of rotatable bonds is 4. The van der Waals surface area contributed by atoms with Crippen LogP contribution in [0.4, 0.5) is 10.6 Å². The highest BCUT2D eigenvalue weighted by Crippen LogP contribution is 2.32. The predicted octanol–water partition coefficient (Wildman–Crippen LogP) is 3.19. The molecule has 1 aromatic carbocycles. The van der Waals surface area contributed by atoms with E-state index in [0.29, 0.717) is 24.6 Å². The minimum Gasteiger partial charge on any atom is -0.465 e. The Morgan fingerprint density at radius 2 is 2.03 bits per heavy atom. The number of carboxylic acid groups (broad SMARTS) is 1. The minimum absolute atomic E-state index is 0.128. The number of anilines is 1. The highest BCUT2D eigenvalue weighted by atomic mass is 16.4. The first-order valence-electron chi connectivity index (χ1n) is 9.97. The molecule has 0 aliphatic carbocycles. The molecule has 1 amide bonds. The van der Waals surface area contributed by atoms with Gasteiger partial charge in [0.25, 0.3) is 0 Å². The number of aromatic amines is 1. The number of imidazole rings is 2. The quantitative estimate of drug-likeness (QED) is 0.475. The van der Waals surface area contributed by atoms with Crippen LogP contribution >= 0.6 is 0 Å². The predicted molar refractivity (Wildman–Crippen MR) is 111 cm³/mol. The van der Waals surface area contributed by atoms with E-state index < -0.39 is 6.09 Å². The number of carbonyl (C=O) groups is 1. The second-order valence-electron chi connectivity index (χ2n) is 7.52. The Morgan fingerprint density at radius 1 is 1.23 bits per heavy atom. The Kier molecular flexibility index (Phi) is 4.46. The maximum absolute atomic E-state index is 11.3. The molecule has 4 heterocycles. The van der Waals surface area contributed by atoms with Gasteiger partial charge in [-0.05, 0) is 31.9 Å². The lowest BCUT2D eigenvalue weighted by atomic mass is 10.0. The third-order valence-corrected chi connectivity index (χ3v) is 5.69. The molecule has 3 N–H and O–H groups in total. The molecule has 30 heavy (non-hydrogen) atoms. The van der Waals surface area contributed by atoms with Crippen molar-refractivity contribution in [1.29, 1.82) is 0 Å². The van der Waals surface area contributed by atoms with Crippen LogP contribution in [0.2, 0.25) is 0 Å². The number of likely N-dealkylation sites (tertiary alicyclic amines) is 1. The Hall–Kier alpha value is -3.69. The molecule has 1 fully saturated rings. The highest BCUT2D eigenvalue weighted by Gasteiger charge is 2.28. The first-order valence-corrected chi connectivity index (χ1v) is 9.97. The number of nitrogens with one attached hydrogen (secondary N) is 2. The number of benzene rings is 1. The van der Waals surface area contributed by atoms with Gasteiger partial charge in [0.15, 0.2) is 11.5 Å². The van der Waals surface area contributed by atoms with Crippen molar-refractivity contribution < 1.29 is 9.90 Å². The molecular formula is C20H22N8O2. The Bertz CT molecular complexity index is 1210. The van der Waals surface area contributed by atoms with Crippen molar-refractivity contribution in [3.63, 3.8) is 0 Å². The van der Waals surface area contributed by atoms with Crippen LogP contribution in [0.3, 0.4) is 0 Å². The van der Waals surface area contributed by atoms with Crippen LogP contribution in [0.5, 0.6) is 0 Å². The molecule has 1 saturated heterocycles. The van der Waals surface area contributed by atoms with Crippen LogP contribution in [0.15, 0.2) is 36.9 Å². The van der Waals surface area contributed by atoms with Crippen LogP contribution in [-0.4, -0.2) is 58.7 Å². The molecule has 5 rings (SSSR count). The number of aromatic nitrogens is 6. The molecule has 1 aliphatic heterocycles. The van der Waals surface area contributed by atoms with E-state index in [4.69, 9.17) is 4.98 Å². The van der Waals surface area contributed by atoms with Gasteiger partial charge in [-0.25, -0.2) is 24.7 Å². The standard InChI is InChI=1S/C20H22N8O2/c1-12(25-18-16-17(22-10-21-16)23-11-24-18)19-26-14-4-2-3-5-15(14)28(19)13-6-8-27(9-7-13)20(29)30/h2-5,10-13H,6-9H2,1H3,(H,29,30)(H2,21,22,23,24,25)/t12-/m0/s1. The largest absolute Gasteiger partial charge is 0.465 e. The van der Waals surface area contributed by atoms with E-state index in [0.717, 1.165) is 35.2 Å². The minimum atomic E-state index is -0.855. The molecule has 10 heteroatoms. The third kappa shape index (κ3) is 3.10. The lowest BCUT2D eigenvalue weighted by Gasteiger charge is -2.32. The summed E-state index contributed by atoms with van der Waals surface area (Å²) in [5.74, 6) is 1.57. The van der Waals surface area contributed by atoms with E-state index >= 15 is 0 Å². The number of amides is 1. The molecule has 1 atom stereocenters. The monoisotopic (exact) mass is 406 g/mol. The summed E-state index contributed by atoms with van der Waals surface area (Å²) in [5, 5.41) is 12.7. The van der Waals surface area contributed by atoms with Gasteiger partial charge in [-0.3, -0.25) is 0 Å². The molecule has 1 aliphatic rings. The summed E-state index contributed by atoms with van der Waals surface area (Å²) in [6, 6.07) is 8.12. The summed E-state index contributed by atoms with van der Waals surface area (Å²) in [6.45, 7) is 3.09. The van der Waals surface area contributed by atoms with E-state index in [9.17, 15) is 9.90 Å². The molecule has 0 bridgehead atoms. The zero-order valence-electron chi connectivity index (χ0n) is 16.5. The number of hydrogen-bond acceptors (Lipinski definition) is 6. The van der Waals surface area contributed by atoms with Crippen molar-refractivity contribution >= 4 is 34.1 Å². The smallest absolute Gasteiger partial charge is 0.407 e. The molecule has 154 valence electrons. The average Bonchev–Trinajstić information content (AvgIpc) is 3.39. The Labute approximate surface area is 172 Å². The van der Waals surface area contributed by atoms with Crippen molar-refractivity contribution in [3.8, 4) is 0 Å². The van der Waals surface area contributed by atoms with Crippen molar-refractivity contribution in [1.82, 2.24) is 34.4 Å². The van der Waals surface area contributed by atoms with Crippen molar-refractivity contribution in [2.75, 3.05) is 18.4 Å². The fourth-order valence-corrected chi connectivity index (χ4v) is 4.21. The molecular weight excluding hydrogens is 384 g/mol. The van der Waals surface area contributed by atoms with Crippen LogP contribution in [0.1, 0.15) is 37.7 Å². The third-order valence-electron chi connectivity index (χ3n) is 5.69. The van der Waals surface area contributed by atoms with Gasteiger partial charge < -0.3 is 24.9 Å². The van der Waals surface area contributed by atoms with E-state index in [1.54, 1.807) is 6.33 Å². The lowest BCUT2D eigenvalue weighted by molar-refractivity contribution is 0.125. The molecule has 4 aromatic rings. The summed E-state index contributed by atoms with van der Waals surface area (Å²) in [6.07, 6.45) is 3.74. The fraction of sp³-hybridized carbons (Fsp3) is 0.350. The number of nitrogens with zero attached hydrogens (tertiary/aromatic N) is 6. The van der Waals surface area contributed by atoms with Gasteiger partial charge >= 0.3 is 6.09 Å². The van der Waals surface area contributed by atoms with E-state index in [1.165, 1.54) is 11.2 Å². The number of piperidine rings is 1. The lowest BCUT2D eigenvalue weighted by Crippen LogP contribution is -2.38. The number of para-hydroxylation sites is 2. The molecule has 0 spiro atoms. The van der Waals surface area contributed by atoms with Gasteiger partial charge in [0.05, 0.1) is 23.4 Å². The molecule has 0 saturated carbocycles. The number of hydrogen-bond donors (Lipinski definition) is 3. The first kappa shape index (κ1) is 18.3. The van der Waals surface area contributed by atoms with Gasteiger partial charge in [-0.1, -0.05) is 12.1 Å². The molecule has 0 unspecified atom stereocenters. The highest BCUT2D eigenvalue weighted by molar-refractivity contribution is 5.82. The molecule has 0 radical (unpaired) electrons. The molecule has 3 aromatic heterocycles. The fourth-order valence-electron chi connectivity index (χ4n) is 4.21. The summed E-state index contributed by atoms with van der Waals surface area (Å²) >= 11 is 0. The first-order chi connectivity index (χ1) is 14.6. The maximum Gasteiger partial charge on any atom is 0.407 e. The van der Waals surface area contributed by atoms with Crippen LogP contribution in [-0.2, 0) is 0 Å². The van der Waals surface area contributed by atoms with E-state index in [2.05, 4.69) is 42.8 Å².